The van der Waals surface area contributed by atoms with Crippen LogP contribution in [0.25, 0.3) is 10.6 Å². The maximum atomic E-state index is 4.39. The van der Waals surface area contributed by atoms with Gasteiger partial charge in [-0.3, -0.25) is 0 Å². The molecule has 1 aromatic heterocycles. The monoisotopic (exact) mass is 203 g/mol. The quantitative estimate of drug-likeness (QED) is 0.688. The van der Waals surface area contributed by atoms with Gasteiger partial charge in [0.2, 0.25) is 0 Å². The fourth-order valence-electron chi connectivity index (χ4n) is 1.59. The van der Waals surface area contributed by atoms with Gasteiger partial charge < -0.3 is 0 Å². The summed E-state index contributed by atoms with van der Waals surface area (Å²) in [5.41, 5.74) is 3.83. The summed E-state index contributed by atoms with van der Waals surface area (Å²) in [7, 11) is 0. The Labute approximate surface area is 88.4 Å². The van der Waals surface area contributed by atoms with E-state index in [1.165, 1.54) is 21.6 Å². The van der Waals surface area contributed by atoms with Crippen molar-refractivity contribution in [3.8, 4) is 10.6 Å². The van der Waals surface area contributed by atoms with Crippen LogP contribution in [-0.4, -0.2) is 4.98 Å². The first kappa shape index (κ1) is 9.41. The van der Waals surface area contributed by atoms with Gasteiger partial charge in [-0.05, 0) is 32.9 Å². The van der Waals surface area contributed by atoms with Crippen LogP contribution >= 0.6 is 11.3 Å². The molecule has 0 aliphatic rings. The molecule has 0 unspecified atom stereocenters. The molecule has 1 aromatic carbocycles. The van der Waals surface area contributed by atoms with Crippen molar-refractivity contribution >= 4 is 11.3 Å². The lowest BCUT2D eigenvalue weighted by Gasteiger charge is -2.00. The Bertz CT molecular complexity index is 437. The zero-order valence-electron chi connectivity index (χ0n) is 8.66. The molecular weight excluding hydrogens is 190 g/mol. The molecule has 0 N–H and O–H groups in total. The molecule has 2 aromatic rings. The van der Waals surface area contributed by atoms with Crippen LogP contribution in [0.15, 0.2) is 24.4 Å². The van der Waals surface area contributed by atoms with Crippen LogP contribution in [0.2, 0.25) is 0 Å². The number of aryl methyl sites for hydroxylation is 3. The molecule has 0 aliphatic heterocycles. The summed E-state index contributed by atoms with van der Waals surface area (Å²) in [5.74, 6) is 0. The molecular formula is C12H13NS. The van der Waals surface area contributed by atoms with Gasteiger partial charge in [-0.1, -0.05) is 17.2 Å². The van der Waals surface area contributed by atoms with Gasteiger partial charge in [-0.15, -0.1) is 11.3 Å². The first-order valence-corrected chi connectivity index (χ1v) is 5.48. The van der Waals surface area contributed by atoms with Gasteiger partial charge in [-0.25, -0.2) is 4.98 Å². The smallest absolute Gasteiger partial charge is 0.123 e. The Hall–Kier alpha value is -1.15. The molecule has 0 fully saturated rings. The maximum Gasteiger partial charge on any atom is 0.123 e. The number of rotatable bonds is 1. The summed E-state index contributed by atoms with van der Waals surface area (Å²) >= 11 is 1.75. The minimum atomic E-state index is 1.12. The van der Waals surface area contributed by atoms with E-state index in [2.05, 4.69) is 44.0 Å². The van der Waals surface area contributed by atoms with Crippen LogP contribution < -0.4 is 0 Å². The Morgan fingerprint density at radius 1 is 1.00 bits per heavy atom. The Balaban J connectivity index is 2.51. The second kappa shape index (κ2) is 3.54. The topological polar surface area (TPSA) is 12.9 Å². The lowest BCUT2D eigenvalue weighted by molar-refractivity contribution is 1.34. The molecule has 72 valence electrons. The van der Waals surface area contributed by atoms with Crippen molar-refractivity contribution in [1.82, 2.24) is 4.98 Å². The second-order valence-corrected chi connectivity index (χ2v) is 4.89. The average molecular weight is 203 g/mol. The zero-order valence-corrected chi connectivity index (χ0v) is 9.48. The molecule has 0 radical (unpaired) electrons. The third kappa shape index (κ3) is 1.85. The fourth-order valence-corrected chi connectivity index (χ4v) is 2.34. The first-order chi connectivity index (χ1) is 6.65. The van der Waals surface area contributed by atoms with E-state index in [4.69, 9.17) is 0 Å². The standard InChI is InChI=1S/C12H13NS/c1-8-4-9(2)6-11(5-8)12-13-7-10(3)14-12/h4-7H,1-3H3. The fraction of sp³-hybridized carbons (Fsp3) is 0.250. The van der Waals surface area contributed by atoms with E-state index in [1.807, 2.05) is 6.20 Å². The van der Waals surface area contributed by atoms with Gasteiger partial charge in [0, 0.05) is 16.6 Å². The summed E-state index contributed by atoms with van der Waals surface area (Å²) in [6, 6.07) is 6.56. The predicted molar refractivity (Wildman–Crippen MR) is 61.8 cm³/mol. The number of thiazole rings is 1. The van der Waals surface area contributed by atoms with Crippen LogP contribution in [0.3, 0.4) is 0 Å². The molecule has 0 saturated heterocycles. The molecule has 0 bridgehead atoms. The molecule has 0 spiro atoms. The summed E-state index contributed by atoms with van der Waals surface area (Å²) < 4.78 is 0. The molecule has 2 heteroatoms. The molecule has 14 heavy (non-hydrogen) atoms. The van der Waals surface area contributed by atoms with Crippen LogP contribution in [-0.2, 0) is 0 Å². The number of aromatic nitrogens is 1. The largest absolute Gasteiger partial charge is 0.244 e. The zero-order chi connectivity index (χ0) is 10.1. The highest BCUT2D eigenvalue weighted by Gasteiger charge is 2.03. The predicted octanol–water partition coefficient (Wildman–Crippen LogP) is 3.74. The summed E-state index contributed by atoms with van der Waals surface area (Å²) in [6.45, 7) is 6.33. The van der Waals surface area contributed by atoms with Crippen molar-refractivity contribution in [3.05, 3.63) is 40.4 Å². The third-order valence-electron chi connectivity index (χ3n) is 2.09. The van der Waals surface area contributed by atoms with Crippen LogP contribution in [0.5, 0.6) is 0 Å². The molecule has 2 rings (SSSR count). The van der Waals surface area contributed by atoms with Crippen LogP contribution in [0.4, 0.5) is 0 Å². The van der Waals surface area contributed by atoms with Crippen molar-refractivity contribution in [2.24, 2.45) is 0 Å². The van der Waals surface area contributed by atoms with Crippen molar-refractivity contribution in [2.45, 2.75) is 20.8 Å². The van der Waals surface area contributed by atoms with E-state index in [9.17, 15) is 0 Å². The van der Waals surface area contributed by atoms with Crippen molar-refractivity contribution < 1.29 is 0 Å². The van der Waals surface area contributed by atoms with Gasteiger partial charge in [-0.2, -0.15) is 0 Å². The van der Waals surface area contributed by atoms with Crippen molar-refractivity contribution in [2.75, 3.05) is 0 Å². The van der Waals surface area contributed by atoms with Crippen LogP contribution in [0, 0.1) is 20.8 Å². The first-order valence-electron chi connectivity index (χ1n) is 4.66. The third-order valence-corrected chi connectivity index (χ3v) is 3.05. The van der Waals surface area contributed by atoms with E-state index >= 15 is 0 Å². The van der Waals surface area contributed by atoms with Gasteiger partial charge in [0.05, 0.1) is 0 Å². The van der Waals surface area contributed by atoms with E-state index in [0.29, 0.717) is 0 Å². The van der Waals surface area contributed by atoms with Gasteiger partial charge in [0.1, 0.15) is 5.01 Å². The maximum absolute atomic E-state index is 4.39. The number of benzene rings is 1. The molecule has 0 atom stereocenters. The van der Waals surface area contributed by atoms with Crippen molar-refractivity contribution in [1.29, 1.82) is 0 Å². The highest BCUT2D eigenvalue weighted by molar-refractivity contribution is 7.14. The van der Waals surface area contributed by atoms with Gasteiger partial charge >= 0.3 is 0 Å². The lowest BCUT2D eigenvalue weighted by Crippen LogP contribution is -1.81. The van der Waals surface area contributed by atoms with Crippen molar-refractivity contribution in [3.63, 3.8) is 0 Å². The Morgan fingerprint density at radius 3 is 2.14 bits per heavy atom. The highest BCUT2D eigenvalue weighted by atomic mass is 32.1. The molecule has 1 nitrogen and oxygen atoms in total. The highest BCUT2D eigenvalue weighted by Crippen LogP contribution is 2.26. The minimum absolute atomic E-state index is 1.12. The summed E-state index contributed by atoms with van der Waals surface area (Å²) in [4.78, 5) is 5.65. The minimum Gasteiger partial charge on any atom is -0.244 e. The van der Waals surface area contributed by atoms with E-state index in [0.717, 1.165) is 5.01 Å². The van der Waals surface area contributed by atoms with E-state index in [-0.39, 0.29) is 0 Å². The van der Waals surface area contributed by atoms with E-state index in [1.54, 1.807) is 11.3 Å². The van der Waals surface area contributed by atoms with Gasteiger partial charge in [0.15, 0.2) is 0 Å². The summed E-state index contributed by atoms with van der Waals surface area (Å²) in [6.07, 6.45) is 1.93. The molecule has 0 amide bonds. The normalized spacial score (nSPS) is 10.5. The summed E-state index contributed by atoms with van der Waals surface area (Å²) in [5, 5.41) is 1.12. The number of hydrogen-bond acceptors (Lipinski definition) is 2. The molecule has 0 saturated carbocycles. The Morgan fingerprint density at radius 2 is 1.64 bits per heavy atom. The average Bonchev–Trinajstić information content (AvgIpc) is 2.50. The lowest BCUT2D eigenvalue weighted by atomic mass is 10.1. The molecule has 1 heterocycles. The van der Waals surface area contributed by atoms with E-state index < -0.39 is 0 Å². The molecule has 0 aliphatic carbocycles. The second-order valence-electron chi connectivity index (χ2n) is 3.65. The number of hydrogen-bond donors (Lipinski definition) is 0. The van der Waals surface area contributed by atoms with Gasteiger partial charge in [0.25, 0.3) is 0 Å². The SMILES string of the molecule is Cc1cc(C)cc(-c2ncc(C)s2)c1. The Kier molecular flexibility index (Phi) is 2.38. The number of nitrogens with zero attached hydrogens (tertiary/aromatic N) is 1. The van der Waals surface area contributed by atoms with Crippen LogP contribution in [0.1, 0.15) is 16.0 Å².